The van der Waals surface area contributed by atoms with Crippen molar-refractivity contribution in [2.24, 2.45) is 5.41 Å². The number of rotatable bonds is 7. The van der Waals surface area contributed by atoms with Crippen molar-refractivity contribution in [3.05, 3.63) is 41.0 Å². The topological polar surface area (TPSA) is 72.7 Å². The number of fused-ring (bicyclic) bond motifs is 1. The van der Waals surface area contributed by atoms with Crippen LogP contribution in [0.2, 0.25) is 0 Å². The summed E-state index contributed by atoms with van der Waals surface area (Å²) in [6, 6.07) is 8.09. The molecule has 27 heavy (non-hydrogen) atoms. The molecule has 1 aromatic rings. The maximum Gasteiger partial charge on any atom is 0.211 e. The molecule has 0 saturated heterocycles. The van der Waals surface area contributed by atoms with Crippen molar-refractivity contribution in [3.63, 3.8) is 0 Å². The fourth-order valence-corrected chi connectivity index (χ4v) is 4.03. The third-order valence-electron chi connectivity index (χ3n) is 5.51. The average Bonchev–Trinajstić information content (AvgIpc) is 3.01. The van der Waals surface area contributed by atoms with E-state index < -0.39 is 12.1 Å². The molecule has 0 saturated carbocycles. The summed E-state index contributed by atoms with van der Waals surface area (Å²) >= 11 is 0. The van der Waals surface area contributed by atoms with Gasteiger partial charge < -0.3 is 24.3 Å². The fraction of sp³-hybridized carbons (Fsp3) is 0.571. The van der Waals surface area contributed by atoms with Crippen LogP contribution in [0.1, 0.15) is 43.6 Å². The van der Waals surface area contributed by atoms with Gasteiger partial charge in [-0.05, 0) is 42.9 Å². The summed E-state index contributed by atoms with van der Waals surface area (Å²) in [7, 11) is 4.90. The number of allylic oxidation sites excluding steroid dienone is 1. The maximum absolute atomic E-state index is 9.21. The Bertz CT molecular complexity index is 757. The molecule has 1 aromatic carbocycles. The summed E-state index contributed by atoms with van der Waals surface area (Å²) in [5, 5.41) is 12.7. The molecule has 1 heterocycles. The number of methoxy groups -OCH3 is 3. The van der Waals surface area contributed by atoms with Crippen LogP contribution in [0.5, 0.6) is 5.75 Å². The van der Waals surface area contributed by atoms with Crippen LogP contribution in [0, 0.1) is 16.7 Å². The zero-order valence-corrected chi connectivity index (χ0v) is 16.5. The molecule has 3 rings (SSSR count). The first-order valence-corrected chi connectivity index (χ1v) is 9.26. The molecule has 0 aromatic heterocycles. The van der Waals surface area contributed by atoms with Crippen LogP contribution in [-0.2, 0) is 20.0 Å². The van der Waals surface area contributed by atoms with Gasteiger partial charge >= 0.3 is 0 Å². The Morgan fingerprint density at radius 3 is 2.78 bits per heavy atom. The Labute approximate surface area is 161 Å². The predicted octanol–water partition coefficient (Wildman–Crippen LogP) is 3.40. The van der Waals surface area contributed by atoms with Crippen molar-refractivity contribution in [2.75, 3.05) is 34.4 Å². The molecule has 0 radical (unpaired) electrons. The minimum atomic E-state index is -0.947. The number of hydrogen-bond donors (Lipinski definition) is 1. The van der Waals surface area contributed by atoms with Gasteiger partial charge in [-0.2, -0.15) is 5.26 Å². The van der Waals surface area contributed by atoms with Crippen LogP contribution in [0.3, 0.4) is 0 Å². The molecule has 0 fully saturated rings. The number of nitriles is 1. The fourth-order valence-electron chi connectivity index (χ4n) is 4.03. The van der Waals surface area contributed by atoms with Gasteiger partial charge in [-0.3, -0.25) is 0 Å². The van der Waals surface area contributed by atoms with E-state index in [0.717, 1.165) is 48.3 Å². The summed E-state index contributed by atoms with van der Waals surface area (Å²) in [6.07, 6.45) is 4.59. The highest BCUT2D eigenvalue weighted by Gasteiger charge is 2.46. The van der Waals surface area contributed by atoms with Crippen molar-refractivity contribution in [3.8, 4) is 11.8 Å². The quantitative estimate of drug-likeness (QED) is 0.791. The highest BCUT2D eigenvalue weighted by Crippen LogP contribution is 2.45. The van der Waals surface area contributed by atoms with Gasteiger partial charge in [-0.15, -0.1) is 0 Å². The van der Waals surface area contributed by atoms with Gasteiger partial charge in [0.15, 0.2) is 6.29 Å². The van der Waals surface area contributed by atoms with E-state index in [4.69, 9.17) is 18.9 Å². The van der Waals surface area contributed by atoms with Crippen LogP contribution in [0.4, 0.5) is 0 Å². The largest absolute Gasteiger partial charge is 0.497 e. The molecule has 0 bridgehead atoms. The van der Waals surface area contributed by atoms with Crippen LogP contribution < -0.4 is 10.1 Å². The Hall–Kier alpha value is -1.91. The summed E-state index contributed by atoms with van der Waals surface area (Å²) in [6.45, 7) is 3.39. The van der Waals surface area contributed by atoms with Gasteiger partial charge in [-0.1, -0.05) is 13.0 Å². The molecule has 1 aliphatic carbocycles. The summed E-state index contributed by atoms with van der Waals surface area (Å²) < 4.78 is 22.9. The second-order valence-corrected chi connectivity index (χ2v) is 7.49. The van der Waals surface area contributed by atoms with Gasteiger partial charge in [0, 0.05) is 37.5 Å². The van der Waals surface area contributed by atoms with E-state index in [1.807, 2.05) is 18.2 Å². The minimum absolute atomic E-state index is 0.0469. The minimum Gasteiger partial charge on any atom is -0.497 e. The van der Waals surface area contributed by atoms with Gasteiger partial charge in [0.1, 0.15) is 5.75 Å². The number of benzene rings is 1. The van der Waals surface area contributed by atoms with Crippen molar-refractivity contribution >= 4 is 0 Å². The van der Waals surface area contributed by atoms with Crippen molar-refractivity contribution < 1.29 is 18.9 Å². The molecular formula is C21H28N2O4. The highest BCUT2D eigenvalue weighted by molar-refractivity contribution is 5.42. The van der Waals surface area contributed by atoms with E-state index in [2.05, 4.69) is 24.4 Å². The Kier molecular flexibility index (Phi) is 5.87. The summed E-state index contributed by atoms with van der Waals surface area (Å²) in [5.74, 6) is -0.200. The molecule has 1 aliphatic heterocycles. The van der Waals surface area contributed by atoms with Crippen LogP contribution >= 0.6 is 0 Å². The molecule has 0 spiro atoms. The molecular weight excluding hydrogens is 344 g/mol. The second kappa shape index (κ2) is 7.99. The highest BCUT2D eigenvalue weighted by atomic mass is 16.8. The first-order chi connectivity index (χ1) is 13.0. The number of nitrogens with one attached hydrogen (secondary N) is 1. The zero-order chi connectivity index (χ0) is 19.5. The SMILES string of the molecule is COc1ccc2c(c1)C(CNCC1(C)C=C(C#N)CCC1)(OC)OC2OC. The molecule has 3 atom stereocenters. The van der Waals surface area contributed by atoms with E-state index >= 15 is 0 Å². The molecule has 0 amide bonds. The molecule has 3 unspecified atom stereocenters. The van der Waals surface area contributed by atoms with E-state index in [9.17, 15) is 5.26 Å². The lowest BCUT2D eigenvalue weighted by Gasteiger charge is -2.34. The first-order valence-electron chi connectivity index (χ1n) is 9.26. The van der Waals surface area contributed by atoms with Gasteiger partial charge in [0.25, 0.3) is 0 Å². The van der Waals surface area contributed by atoms with Gasteiger partial charge in [0.2, 0.25) is 5.79 Å². The van der Waals surface area contributed by atoms with Crippen molar-refractivity contribution in [1.29, 1.82) is 5.26 Å². The predicted molar refractivity (Wildman–Crippen MR) is 101 cm³/mol. The molecule has 146 valence electrons. The lowest BCUT2D eigenvalue weighted by Crippen LogP contribution is -2.43. The van der Waals surface area contributed by atoms with Crippen LogP contribution in [-0.4, -0.2) is 34.4 Å². The summed E-state index contributed by atoms with van der Waals surface area (Å²) in [4.78, 5) is 0. The summed E-state index contributed by atoms with van der Waals surface area (Å²) in [5.41, 5.74) is 2.68. The van der Waals surface area contributed by atoms with Crippen molar-refractivity contribution in [1.82, 2.24) is 5.32 Å². The van der Waals surface area contributed by atoms with Crippen LogP contribution in [0.15, 0.2) is 29.8 Å². The van der Waals surface area contributed by atoms with Gasteiger partial charge in [-0.25, -0.2) is 0 Å². The normalized spacial score (nSPS) is 29.7. The number of hydrogen-bond acceptors (Lipinski definition) is 6. The molecule has 6 nitrogen and oxygen atoms in total. The molecule has 6 heteroatoms. The standard InChI is InChI=1S/C21H28N2O4/c1-20(9-5-6-15(11-20)12-22)13-23-14-21(26-4)18-10-16(24-2)7-8-17(18)19(25-3)27-21/h7-8,10-11,19,23H,5-6,9,13-14H2,1-4H3. The number of ether oxygens (including phenoxy) is 4. The van der Waals surface area contributed by atoms with E-state index in [1.54, 1.807) is 21.3 Å². The third kappa shape index (κ3) is 3.87. The first kappa shape index (κ1) is 19.8. The smallest absolute Gasteiger partial charge is 0.211 e. The van der Waals surface area contributed by atoms with E-state index in [1.165, 1.54) is 0 Å². The zero-order valence-electron chi connectivity index (χ0n) is 16.5. The molecule has 1 N–H and O–H groups in total. The third-order valence-corrected chi connectivity index (χ3v) is 5.51. The van der Waals surface area contributed by atoms with Gasteiger partial charge in [0.05, 0.1) is 19.7 Å². The van der Waals surface area contributed by atoms with Crippen molar-refractivity contribution in [2.45, 2.75) is 38.3 Å². The molecule has 2 aliphatic rings. The lowest BCUT2D eigenvalue weighted by atomic mass is 9.78. The Morgan fingerprint density at radius 1 is 1.30 bits per heavy atom. The van der Waals surface area contributed by atoms with E-state index in [0.29, 0.717) is 6.54 Å². The second-order valence-electron chi connectivity index (χ2n) is 7.49. The maximum atomic E-state index is 9.21. The monoisotopic (exact) mass is 372 g/mol. The van der Waals surface area contributed by atoms with Crippen LogP contribution in [0.25, 0.3) is 0 Å². The Balaban J connectivity index is 1.78. The average molecular weight is 372 g/mol. The van der Waals surface area contributed by atoms with E-state index in [-0.39, 0.29) is 5.41 Å². The Morgan fingerprint density at radius 2 is 2.11 bits per heavy atom. The lowest BCUT2D eigenvalue weighted by molar-refractivity contribution is -0.286. The number of nitrogens with zero attached hydrogens (tertiary/aromatic N) is 1.